The van der Waals surface area contributed by atoms with E-state index in [1.165, 1.54) is 0 Å². The molecule has 1 amide bonds. The molecule has 4 heteroatoms. The minimum atomic E-state index is 0.0473. The smallest absolute Gasteiger partial charge is 0.254 e. The molecule has 0 atom stereocenters. The lowest BCUT2D eigenvalue weighted by molar-refractivity contribution is 0.0768. The van der Waals surface area contributed by atoms with Crippen LogP contribution in [0.1, 0.15) is 22.3 Å². The molecule has 0 spiro atoms. The number of carbonyl (C=O) groups is 1. The Hall–Kier alpha value is -1.55. The van der Waals surface area contributed by atoms with Crippen molar-refractivity contribution in [3.8, 4) is 5.75 Å². The molecule has 1 aliphatic rings. The van der Waals surface area contributed by atoms with Gasteiger partial charge in [-0.3, -0.25) is 4.79 Å². The topological polar surface area (TPSA) is 49.8 Å². The number of benzene rings is 1. The predicted molar refractivity (Wildman–Crippen MR) is 59.4 cm³/mol. The summed E-state index contributed by atoms with van der Waals surface area (Å²) >= 11 is 0. The van der Waals surface area contributed by atoms with Crippen molar-refractivity contribution in [1.82, 2.24) is 4.90 Å². The number of aliphatic hydroxyl groups excluding tert-OH is 1. The van der Waals surface area contributed by atoms with Crippen LogP contribution in [0.25, 0.3) is 0 Å². The quantitative estimate of drug-likeness (QED) is 0.826. The number of hydrogen-bond acceptors (Lipinski definition) is 3. The van der Waals surface area contributed by atoms with E-state index in [0.717, 1.165) is 16.9 Å². The molecule has 86 valence electrons. The number of nitrogens with zero attached hydrogens (tertiary/aromatic N) is 1. The van der Waals surface area contributed by atoms with E-state index in [-0.39, 0.29) is 12.5 Å². The molecule has 0 unspecified atom stereocenters. The molecule has 0 fully saturated rings. The summed E-state index contributed by atoms with van der Waals surface area (Å²) in [6, 6.07) is 5.49. The molecule has 0 aromatic heterocycles. The van der Waals surface area contributed by atoms with E-state index in [0.29, 0.717) is 19.5 Å². The van der Waals surface area contributed by atoms with Crippen LogP contribution in [0.5, 0.6) is 5.75 Å². The number of methoxy groups -OCH3 is 1. The number of fused-ring (bicyclic) bond motifs is 1. The molecule has 1 N–H and O–H groups in total. The number of ether oxygens (including phenoxy) is 1. The van der Waals surface area contributed by atoms with Crippen LogP contribution < -0.4 is 4.74 Å². The van der Waals surface area contributed by atoms with E-state index in [9.17, 15) is 4.79 Å². The van der Waals surface area contributed by atoms with Gasteiger partial charge in [-0.25, -0.2) is 0 Å². The van der Waals surface area contributed by atoms with Crippen LogP contribution in [0.2, 0.25) is 0 Å². The van der Waals surface area contributed by atoms with Gasteiger partial charge < -0.3 is 14.7 Å². The summed E-state index contributed by atoms with van der Waals surface area (Å²) < 4.78 is 5.12. The maximum atomic E-state index is 11.9. The molecule has 1 aromatic rings. The van der Waals surface area contributed by atoms with Crippen LogP contribution in [0.4, 0.5) is 0 Å². The van der Waals surface area contributed by atoms with Crippen molar-refractivity contribution in [1.29, 1.82) is 0 Å². The van der Waals surface area contributed by atoms with Crippen LogP contribution in [-0.4, -0.2) is 36.2 Å². The van der Waals surface area contributed by atoms with E-state index in [1.54, 1.807) is 24.1 Å². The molecule has 16 heavy (non-hydrogen) atoms. The van der Waals surface area contributed by atoms with Gasteiger partial charge in [0.2, 0.25) is 0 Å². The van der Waals surface area contributed by atoms with Gasteiger partial charge in [-0.2, -0.15) is 0 Å². The van der Waals surface area contributed by atoms with Crippen molar-refractivity contribution in [2.24, 2.45) is 0 Å². The van der Waals surface area contributed by atoms with Crippen LogP contribution in [-0.2, 0) is 6.54 Å². The van der Waals surface area contributed by atoms with Crippen LogP contribution in [0, 0.1) is 0 Å². The van der Waals surface area contributed by atoms with Gasteiger partial charge in [0.15, 0.2) is 0 Å². The fourth-order valence-corrected chi connectivity index (χ4v) is 1.93. The third kappa shape index (κ3) is 1.88. The van der Waals surface area contributed by atoms with Crippen LogP contribution >= 0.6 is 0 Å². The Morgan fingerprint density at radius 1 is 1.50 bits per heavy atom. The van der Waals surface area contributed by atoms with Crippen molar-refractivity contribution in [3.63, 3.8) is 0 Å². The zero-order valence-corrected chi connectivity index (χ0v) is 9.27. The summed E-state index contributed by atoms with van der Waals surface area (Å²) in [4.78, 5) is 13.7. The summed E-state index contributed by atoms with van der Waals surface area (Å²) in [5, 5.41) is 8.75. The minimum absolute atomic E-state index is 0.0473. The average molecular weight is 221 g/mol. The molecule has 0 saturated heterocycles. The Kier molecular flexibility index (Phi) is 3.10. The number of rotatable bonds is 4. The van der Waals surface area contributed by atoms with Gasteiger partial charge in [0.05, 0.1) is 7.11 Å². The molecular weight excluding hydrogens is 206 g/mol. The van der Waals surface area contributed by atoms with E-state index >= 15 is 0 Å². The summed E-state index contributed by atoms with van der Waals surface area (Å²) in [6.45, 7) is 1.33. The van der Waals surface area contributed by atoms with Crippen molar-refractivity contribution < 1.29 is 14.6 Å². The van der Waals surface area contributed by atoms with E-state index in [1.807, 2.05) is 6.07 Å². The molecule has 1 heterocycles. The van der Waals surface area contributed by atoms with E-state index in [4.69, 9.17) is 9.84 Å². The fraction of sp³-hybridized carbons (Fsp3) is 0.417. The summed E-state index contributed by atoms with van der Waals surface area (Å²) in [5.41, 5.74) is 1.75. The lowest BCUT2D eigenvalue weighted by Crippen LogP contribution is -2.25. The Morgan fingerprint density at radius 3 is 3.00 bits per heavy atom. The summed E-state index contributed by atoms with van der Waals surface area (Å²) in [7, 11) is 1.61. The molecule has 2 rings (SSSR count). The normalized spacial score (nSPS) is 14.1. The SMILES string of the molecule is COc1ccc2c(c1)CN(CCCO)C2=O. The highest BCUT2D eigenvalue weighted by Crippen LogP contribution is 2.26. The first-order chi connectivity index (χ1) is 7.76. The number of aliphatic hydroxyl groups is 1. The second-order valence-electron chi connectivity index (χ2n) is 3.83. The second kappa shape index (κ2) is 4.53. The number of amides is 1. The fourth-order valence-electron chi connectivity index (χ4n) is 1.93. The molecular formula is C12H15NO3. The van der Waals surface area contributed by atoms with Gasteiger partial charge in [0, 0.05) is 25.3 Å². The maximum Gasteiger partial charge on any atom is 0.254 e. The molecule has 0 aliphatic carbocycles. The zero-order chi connectivity index (χ0) is 11.5. The molecule has 0 radical (unpaired) electrons. The largest absolute Gasteiger partial charge is 0.497 e. The highest BCUT2D eigenvalue weighted by atomic mass is 16.5. The number of hydrogen-bond donors (Lipinski definition) is 1. The first kappa shape index (κ1) is 11.0. The Labute approximate surface area is 94.4 Å². The van der Waals surface area contributed by atoms with E-state index in [2.05, 4.69) is 0 Å². The van der Waals surface area contributed by atoms with Crippen LogP contribution in [0.15, 0.2) is 18.2 Å². The van der Waals surface area contributed by atoms with Crippen LogP contribution in [0.3, 0.4) is 0 Å². The Bertz CT molecular complexity index is 403. The summed E-state index contributed by atoms with van der Waals surface area (Å²) in [6.07, 6.45) is 0.622. The third-order valence-electron chi connectivity index (χ3n) is 2.78. The van der Waals surface area contributed by atoms with E-state index < -0.39 is 0 Å². The van der Waals surface area contributed by atoms with Gasteiger partial charge in [0.1, 0.15) is 5.75 Å². The monoisotopic (exact) mass is 221 g/mol. The second-order valence-corrected chi connectivity index (χ2v) is 3.83. The van der Waals surface area contributed by atoms with Gasteiger partial charge >= 0.3 is 0 Å². The van der Waals surface area contributed by atoms with Gasteiger partial charge in [0.25, 0.3) is 5.91 Å². The molecule has 4 nitrogen and oxygen atoms in total. The van der Waals surface area contributed by atoms with Crippen molar-refractivity contribution in [3.05, 3.63) is 29.3 Å². The predicted octanol–water partition coefficient (Wildman–Crippen LogP) is 1.03. The molecule has 1 aromatic carbocycles. The lowest BCUT2D eigenvalue weighted by atomic mass is 10.1. The Morgan fingerprint density at radius 2 is 2.31 bits per heavy atom. The standard InChI is InChI=1S/C12H15NO3/c1-16-10-3-4-11-9(7-10)8-13(12(11)15)5-2-6-14/h3-4,7,14H,2,5-6,8H2,1H3. The molecule has 1 aliphatic heterocycles. The number of carbonyl (C=O) groups excluding carboxylic acids is 1. The lowest BCUT2D eigenvalue weighted by Gasteiger charge is -2.13. The first-order valence-corrected chi connectivity index (χ1v) is 5.33. The van der Waals surface area contributed by atoms with Crippen molar-refractivity contribution in [2.45, 2.75) is 13.0 Å². The summed E-state index contributed by atoms with van der Waals surface area (Å²) in [5.74, 6) is 0.821. The van der Waals surface area contributed by atoms with Gasteiger partial charge in [-0.1, -0.05) is 0 Å². The minimum Gasteiger partial charge on any atom is -0.497 e. The first-order valence-electron chi connectivity index (χ1n) is 5.33. The maximum absolute atomic E-state index is 11.9. The van der Waals surface area contributed by atoms with Gasteiger partial charge in [-0.15, -0.1) is 0 Å². The highest BCUT2D eigenvalue weighted by Gasteiger charge is 2.26. The average Bonchev–Trinajstić information content (AvgIpc) is 2.63. The van der Waals surface area contributed by atoms with Crippen molar-refractivity contribution in [2.75, 3.05) is 20.3 Å². The highest BCUT2D eigenvalue weighted by molar-refractivity contribution is 5.98. The molecule has 0 saturated carbocycles. The Balaban J connectivity index is 2.17. The van der Waals surface area contributed by atoms with Crippen molar-refractivity contribution >= 4 is 5.91 Å². The zero-order valence-electron chi connectivity index (χ0n) is 9.27. The third-order valence-corrected chi connectivity index (χ3v) is 2.78. The van der Waals surface area contributed by atoms with Gasteiger partial charge in [-0.05, 0) is 30.2 Å². The molecule has 0 bridgehead atoms.